The average Bonchev–Trinajstić information content (AvgIpc) is 2.68. The topological polar surface area (TPSA) is 65.0 Å². The van der Waals surface area contributed by atoms with E-state index in [0.29, 0.717) is 11.3 Å². The maximum Gasteiger partial charge on any atom is 0.339 e. The van der Waals surface area contributed by atoms with Crippen LogP contribution in [-0.2, 0) is 19.3 Å². The Morgan fingerprint density at radius 2 is 2.35 bits per heavy atom. The Kier molecular flexibility index (Phi) is 4.42. The molecule has 110 valence electrons. The number of aliphatic hydroxyl groups is 1. The SMILES string of the molecule is CC1=C/C(=C/[C@@]2(C)CC[C@@H](/C(C)=C/CO)OO2)OC1=O. The third kappa shape index (κ3) is 3.36. The van der Waals surface area contributed by atoms with Gasteiger partial charge in [-0.2, -0.15) is 0 Å². The maximum absolute atomic E-state index is 11.3. The summed E-state index contributed by atoms with van der Waals surface area (Å²) < 4.78 is 5.10. The second-order valence-corrected chi connectivity index (χ2v) is 5.41. The minimum Gasteiger partial charge on any atom is -0.423 e. The molecular weight excluding hydrogens is 260 g/mol. The first-order valence-corrected chi connectivity index (χ1v) is 6.69. The Morgan fingerprint density at radius 1 is 1.60 bits per heavy atom. The number of esters is 1. The van der Waals surface area contributed by atoms with Gasteiger partial charge >= 0.3 is 5.97 Å². The minimum atomic E-state index is -0.618. The Hall–Kier alpha value is -1.43. The molecule has 20 heavy (non-hydrogen) atoms. The lowest BCUT2D eigenvalue weighted by molar-refractivity contribution is -0.386. The molecule has 0 aromatic heterocycles. The molecule has 2 heterocycles. The lowest BCUT2D eigenvalue weighted by Gasteiger charge is -2.34. The van der Waals surface area contributed by atoms with Crippen molar-refractivity contribution in [1.82, 2.24) is 0 Å². The van der Waals surface area contributed by atoms with Crippen LogP contribution in [-0.4, -0.2) is 29.4 Å². The van der Waals surface area contributed by atoms with Crippen LogP contribution in [0.25, 0.3) is 0 Å². The fraction of sp³-hybridized carbons (Fsp3) is 0.533. The summed E-state index contributed by atoms with van der Waals surface area (Å²) in [5.41, 5.74) is 0.911. The molecule has 1 fully saturated rings. The molecule has 0 amide bonds. The first kappa shape index (κ1) is 15.0. The summed E-state index contributed by atoms with van der Waals surface area (Å²) in [5.74, 6) is 0.177. The van der Waals surface area contributed by atoms with E-state index in [9.17, 15) is 4.79 Å². The zero-order valence-electron chi connectivity index (χ0n) is 12.0. The maximum atomic E-state index is 11.3. The summed E-state index contributed by atoms with van der Waals surface area (Å²) in [6.45, 7) is 5.49. The third-order valence-corrected chi connectivity index (χ3v) is 3.52. The van der Waals surface area contributed by atoms with E-state index < -0.39 is 5.60 Å². The number of allylic oxidation sites excluding steroid dienone is 1. The molecule has 1 saturated heterocycles. The Balaban J connectivity index is 2.00. The van der Waals surface area contributed by atoms with Crippen molar-refractivity contribution in [2.24, 2.45) is 0 Å². The van der Waals surface area contributed by atoms with E-state index in [-0.39, 0.29) is 18.7 Å². The molecule has 2 aliphatic rings. The van der Waals surface area contributed by atoms with E-state index in [1.54, 1.807) is 25.2 Å². The van der Waals surface area contributed by atoms with E-state index in [4.69, 9.17) is 19.6 Å². The van der Waals surface area contributed by atoms with Crippen molar-refractivity contribution < 1.29 is 24.4 Å². The van der Waals surface area contributed by atoms with Crippen LogP contribution in [0.15, 0.2) is 35.1 Å². The van der Waals surface area contributed by atoms with Crippen molar-refractivity contribution in [3.8, 4) is 0 Å². The number of carbonyl (C=O) groups excluding carboxylic acids is 1. The van der Waals surface area contributed by atoms with Crippen LogP contribution < -0.4 is 0 Å². The Morgan fingerprint density at radius 3 is 2.85 bits per heavy atom. The molecule has 0 spiro atoms. The lowest BCUT2D eigenvalue weighted by atomic mass is 9.93. The number of rotatable bonds is 3. The van der Waals surface area contributed by atoms with E-state index in [2.05, 4.69) is 0 Å². The molecule has 2 aliphatic heterocycles. The molecule has 2 atom stereocenters. The molecule has 0 saturated carbocycles. The number of carbonyl (C=O) groups is 1. The first-order valence-electron chi connectivity index (χ1n) is 6.69. The van der Waals surface area contributed by atoms with Crippen molar-refractivity contribution in [2.45, 2.75) is 45.3 Å². The molecule has 5 heteroatoms. The summed E-state index contributed by atoms with van der Waals surface area (Å²) in [5, 5.41) is 8.87. The van der Waals surface area contributed by atoms with Crippen LogP contribution in [0.3, 0.4) is 0 Å². The van der Waals surface area contributed by atoms with Gasteiger partial charge in [0.1, 0.15) is 17.5 Å². The van der Waals surface area contributed by atoms with Crippen molar-refractivity contribution in [1.29, 1.82) is 0 Å². The summed E-state index contributed by atoms with van der Waals surface area (Å²) in [6.07, 6.45) is 6.54. The molecule has 1 N–H and O–H groups in total. The molecule has 0 bridgehead atoms. The highest BCUT2D eigenvalue weighted by Crippen LogP contribution is 2.32. The fourth-order valence-electron chi connectivity index (χ4n) is 2.21. The van der Waals surface area contributed by atoms with E-state index in [0.717, 1.165) is 18.4 Å². The van der Waals surface area contributed by atoms with Gasteiger partial charge < -0.3 is 9.84 Å². The van der Waals surface area contributed by atoms with Crippen molar-refractivity contribution >= 4 is 5.97 Å². The monoisotopic (exact) mass is 280 g/mol. The molecule has 2 rings (SSSR count). The predicted molar refractivity (Wildman–Crippen MR) is 72.4 cm³/mol. The average molecular weight is 280 g/mol. The Bertz CT molecular complexity index is 478. The zero-order valence-corrected chi connectivity index (χ0v) is 12.0. The second-order valence-electron chi connectivity index (χ2n) is 5.41. The van der Waals surface area contributed by atoms with Gasteiger partial charge in [-0.25, -0.2) is 14.6 Å². The van der Waals surface area contributed by atoms with E-state index >= 15 is 0 Å². The van der Waals surface area contributed by atoms with Crippen LogP contribution in [0.2, 0.25) is 0 Å². The van der Waals surface area contributed by atoms with Crippen LogP contribution in [0.4, 0.5) is 0 Å². The van der Waals surface area contributed by atoms with E-state index in [1.807, 2.05) is 13.8 Å². The van der Waals surface area contributed by atoms with Gasteiger partial charge in [0.05, 0.1) is 6.61 Å². The number of aliphatic hydroxyl groups excluding tert-OH is 1. The molecule has 5 nitrogen and oxygen atoms in total. The van der Waals surface area contributed by atoms with Crippen LogP contribution in [0.5, 0.6) is 0 Å². The van der Waals surface area contributed by atoms with E-state index in [1.165, 1.54) is 0 Å². The lowest BCUT2D eigenvalue weighted by Crippen LogP contribution is -2.36. The molecule has 0 radical (unpaired) electrons. The van der Waals surface area contributed by atoms with Crippen molar-refractivity contribution in [3.63, 3.8) is 0 Å². The van der Waals surface area contributed by atoms with Crippen LogP contribution in [0, 0.1) is 0 Å². The van der Waals surface area contributed by atoms with Gasteiger partial charge in [-0.15, -0.1) is 0 Å². The fourth-order valence-corrected chi connectivity index (χ4v) is 2.21. The number of hydrogen-bond acceptors (Lipinski definition) is 5. The van der Waals surface area contributed by atoms with Crippen molar-refractivity contribution in [3.05, 3.63) is 35.1 Å². The normalized spacial score (nSPS) is 33.3. The smallest absolute Gasteiger partial charge is 0.339 e. The molecule has 0 aliphatic carbocycles. The highest BCUT2D eigenvalue weighted by molar-refractivity contribution is 5.92. The zero-order chi connectivity index (χ0) is 14.8. The summed E-state index contributed by atoms with van der Waals surface area (Å²) >= 11 is 0. The first-order chi connectivity index (χ1) is 9.43. The summed E-state index contributed by atoms with van der Waals surface area (Å²) in [6, 6.07) is 0. The second kappa shape index (κ2) is 5.91. The highest BCUT2D eigenvalue weighted by atomic mass is 17.2. The standard InChI is InChI=1S/C15H20O5/c1-10(5-7-16)13-4-6-15(3,20-19-13)9-12-8-11(2)14(17)18-12/h5,8-9,13,16H,4,6-7H2,1-3H3/b10-5+,12-9-/t13-,15+/m0/s1. The Labute approximate surface area is 118 Å². The van der Waals surface area contributed by atoms with Gasteiger partial charge in [-0.05, 0) is 51.3 Å². The van der Waals surface area contributed by atoms with Crippen LogP contribution in [0.1, 0.15) is 33.6 Å². The third-order valence-electron chi connectivity index (χ3n) is 3.52. The van der Waals surface area contributed by atoms with Crippen molar-refractivity contribution in [2.75, 3.05) is 6.61 Å². The largest absolute Gasteiger partial charge is 0.423 e. The minimum absolute atomic E-state index is 0.00691. The molecule has 0 aromatic carbocycles. The number of cyclic esters (lactones) is 1. The summed E-state index contributed by atoms with van der Waals surface area (Å²) in [4.78, 5) is 22.2. The predicted octanol–water partition coefficient (Wildman–Crippen LogP) is 2.18. The van der Waals surface area contributed by atoms with Gasteiger partial charge in [-0.1, -0.05) is 6.08 Å². The van der Waals surface area contributed by atoms with Gasteiger partial charge in [0.2, 0.25) is 0 Å². The number of hydrogen-bond donors (Lipinski definition) is 1. The summed E-state index contributed by atoms with van der Waals surface area (Å²) in [7, 11) is 0. The quantitative estimate of drug-likeness (QED) is 0.487. The van der Waals surface area contributed by atoms with Gasteiger partial charge in [0, 0.05) is 5.57 Å². The highest BCUT2D eigenvalue weighted by Gasteiger charge is 2.34. The molecule has 0 aromatic rings. The molecular formula is C15H20O5. The van der Waals surface area contributed by atoms with Gasteiger partial charge in [0.15, 0.2) is 0 Å². The van der Waals surface area contributed by atoms with Gasteiger partial charge in [-0.3, -0.25) is 0 Å². The van der Waals surface area contributed by atoms with Crippen LogP contribution >= 0.6 is 0 Å². The number of ether oxygens (including phenoxy) is 1. The molecule has 0 unspecified atom stereocenters. The van der Waals surface area contributed by atoms with Gasteiger partial charge in [0.25, 0.3) is 0 Å².